The van der Waals surface area contributed by atoms with Crippen LogP contribution in [0.25, 0.3) is 0 Å². The average Bonchev–Trinajstić information content (AvgIpc) is 2.30. The standard InChI is InChI=1S/C13H21NO2/c15-12-8-4-7-11(9-12)14-13(16)10-5-2-1-3-6-10/h1-2,10-12,15H,3-9H2,(H,14,16). The molecule has 0 aromatic rings. The van der Waals surface area contributed by atoms with E-state index in [4.69, 9.17) is 0 Å². The van der Waals surface area contributed by atoms with Crippen molar-refractivity contribution in [2.75, 3.05) is 0 Å². The third-order valence-electron chi connectivity index (χ3n) is 3.63. The minimum atomic E-state index is -0.217. The molecule has 0 spiro atoms. The van der Waals surface area contributed by atoms with E-state index in [9.17, 15) is 9.90 Å². The van der Waals surface area contributed by atoms with Crippen molar-refractivity contribution in [1.82, 2.24) is 5.32 Å². The molecule has 2 aliphatic carbocycles. The second kappa shape index (κ2) is 5.48. The molecule has 1 saturated carbocycles. The molecule has 16 heavy (non-hydrogen) atoms. The molecule has 2 rings (SSSR count). The topological polar surface area (TPSA) is 49.3 Å². The van der Waals surface area contributed by atoms with Crippen LogP contribution in [0.3, 0.4) is 0 Å². The number of nitrogens with one attached hydrogen (secondary N) is 1. The lowest BCUT2D eigenvalue weighted by Gasteiger charge is -2.28. The summed E-state index contributed by atoms with van der Waals surface area (Å²) < 4.78 is 0. The van der Waals surface area contributed by atoms with Crippen molar-refractivity contribution in [1.29, 1.82) is 0 Å². The summed E-state index contributed by atoms with van der Waals surface area (Å²) in [4.78, 5) is 11.9. The fourth-order valence-corrected chi connectivity index (χ4v) is 2.65. The zero-order chi connectivity index (χ0) is 11.4. The Hall–Kier alpha value is -0.830. The smallest absolute Gasteiger partial charge is 0.223 e. The highest BCUT2D eigenvalue weighted by molar-refractivity contribution is 5.79. The van der Waals surface area contributed by atoms with Gasteiger partial charge in [0.25, 0.3) is 0 Å². The van der Waals surface area contributed by atoms with E-state index >= 15 is 0 Å². The molecule has 90 valence electrons. The van der Waals surface area contributed by atoms with Gasteiger partial charge in [0.2, 0.25) is 5.91 Å². The Balaban J connectivity index is 1.79. The Morgan fingerprint density at radius 1 is 1.25 bits per heavy atom. The van der Waals surface area contributed by atoms with Crippen LogP contribution in [0.1, 0.15) is 44.9 Å². The third kappa shape index (κ3) is 3.08. The van der Waals surface area contributed by atoms with E-state index < -0.39 is 0 Å². The molecule has 2 N–H and O–H groups in total. The molecule has 3 atom stereocenters. The van der Waals surface area contributed by atoms with Crippen molar-refractivity contribution in [2.45, 2.75) is 57.1 Å². The highest BCUT2D eigenvalue weighted by Crippen LogP contribution is 2.21. The van der Waals surface area contributed by atoms with E-state index in [2.05, 4.69) is 17.5 Å². The van der Waals surface area contributed by atoms with E-state index in [1.54, 1.807) is 0 Å². The Bertz CT molecular complexity index is 275. The summed E-state index contributed by atoms with van der Waals surface area (Å²) in [6.45, 7) is 0. The number of allylic oxidation sites excluding steroid dienone is 2. The quantitative estimate of drug-likeness (QED) is 0.701. The number of aliphatic hydroxyl groups excluding tert-OH is 1. The van der Waals surface area contributed by atoms with Gasteiger partial charge in [-0.05, 0) is 44.9 Å². The van der Waals surface area contributed by atoms with Crippen molar-refractivity contribution in [2.24, 2.45) is 5.92 Å². The van der Waals surface area contributed by atoms with Gasteiger partial charge in [-0.2, -0.15) is 0 Å². The molecule has 2 aliphatic rings. The van der Waals surface area contributed by atoms with E-state index in [-0.39, 0.29) is 24.0 Å². The zero-order valence-corrected chi connectivity index (χ0v) is 9.69. The Labute approximate surface area is 96.9 Å². The first-order valence-electron chi connectivity index (χ1n) is 6.39. The van der Waals surface area contributed by atoms with Crippen LogP contribution >= 0.6 is 0 Å². The van der Waals surface area contributed by atoms with Crippen molar-refractivity contribution in [3.8, 4) is 0 Å². The number of hydrogen-bond acceptors (Lipinski definition) is 2. The average molecular weight is 223 g/mol. The number of carbonyl (C=O) groups is 1. The number of aliphatic hydroxyl groups is 1. The van der Waals surface area contributed by atoms with Gasteiger partial charge in [-0.3, -0.25) is 4.79 Å². The zero-order valence-electron chi connectivity index (χ0n) is 9.69. The number of carbonyl (C=O) groups excluding carboxylic acids is 1. The minimum absolute atomic E-state index is 0.157. The Morgan fingerprint density at radius 2 is 2.12 bits per heavy atom. The number of hydrogen-bond donors (Lipinski definition) is 2. The third-order valence-corrected chi connectivity index (χ3v) is 3.63. The predicted octanol–water partition coefficient (Wildman–Crippen LogP) is 1.76. The van der Waals surface area contributed by atoms with Crippen LogP contribution in [0.15, 0.2) is 12.2 Å². The maximum atomic E-state index is 11.9. The summed E-state index contributed by atoms with van der Waals surface area (Å²) in [6.07, 6.45) is 10.6. The monoisotopic (exact) mass is 223 g/mol. The molecule has 0 radical (unpaired) electrons. The summed E-state index contributed by atoms with van der Waals surface area (Å²) in [5, 5.41) is 12.6. The predicted molar refractivity (Wildman–Crippen MR) is 62.9 cm³/mol. The normalized spacial score (nSPS) is 34.7. The van der Waals surface area contributed by atoms with Crippen LogP contribution in [0.2, 0.25) is 0 Å². The Morgan fingerprint density at radius 3 is 2.81 bits per heavy atom. The second-order valence-electron chi connectivity index (χ2n) is 5.01. The van der Waals surface area contributed by atoms with Crippen LogP contribution in [-0.2, 0) is 4.79 Å². The summed E-state index contributed by atoms with van der Waals surface area (Å²) in [6, 6.07) is 0.196. The van der Waals surface area contributed by atoms with Crippen LogP contribution < -0.4 is 5.32 Å². The lowest BCUT2D eigenvalue weighted by Crippen LogP contribution is -2.42. The van der Waals surface area contributed by atoms with Gasteiger partial charge in [0.05, 0.1) is 6.10 Å². The fourth-order valence-electron chi connectivity index (χ4n) is 2.65. The molecule has 0 aromatic heterocycles. The molecule has 3 heteroatoms. The molecule has 1 amide bonds. The van der Waals surface area contributed by atoms with E-state index in [0.29, 0.717) is 0 Å². The maximum Gasteiger partial charge on any atom is 0.223 e. The first-order chi connectivity index (χ1) is 7.75. The first-order valence-corrected chi connectivity index (χ1v) is 6.39. The molecule has 1 fully saturated rings. The molecular formula is C13H21NO2. The van der Waals surface area contributed by atoms with Crippen molar-refractivity contribution < 1.29 is 9.90 Å². The van der Waals surface area contributed by atoms with E-state index in [1.807, 2.05) is 0 Å². The van der Waals surface area contributed by atoms with Crippen LogP contribution in [-0.4, -0.2) is 23.2 Å². The van der Waals surface area contributed by atoms with E-state index in [1.165, 1.54) is 0 Å². The largest absolute Gasteiger partial charge is 0.393 e. The summed E-state index contributed by atoms with van der Waals surface area (Å²) in [5.74, 6) is 0.340. The molecular weight excluding hydrogens is 202 g/mol. The summed E-state index contributed by atoms with van der Waals surface area (Å²) >= 11 is 0. The van der Waals surface area contributed by atoms with E-state index in [0.717, 1.165) is 44.9 Å². The van der Waals surface area contributed by atoms with Crippen molar-refractivity contribution in [3.63, 3.8) is 0 Å². The lowest BCUT2D eigenvalue weighted by molar-refractivity contribution is -0.126. The van der Waals surface area contributed by atoms with Crippen LogP contribution in [0.4, 0.5) is 0 Å². The SMILES string of the molecule is O=C(NC1CCCC(O)C1)C1CC=CCC1. The fraction of sp³-hybridized carbons (Fsp3) is 0.769. The summed E-state index contributed by atoms with van der Waals surface area (Å²) in [7, 11) is 0. The van der Waals surface area contributed by atoms with Crippen molar-refractivity contribution >= 4 is 5.91 Å². The van der Waals surface area contributed by atoms with Gasteiger partial charge in [-0.1, -0.05) is 12.2 Å². The maximum absolute atomic E-state index is 11.9. The summed E-state index contributed by atoms with van der Waals surface area (Å²) in [5.41, 5.74) is 0. The molecule has 0 aliphatic heterocycles. The van der Waals surface area contributed by atoms with Gasteiger partial charge in [0.15, 0.2) is 0 Å². The molecule has 3 nitrogen and oxygen atoms in total. The van der Waals surface area contributed by atoms with Crippen molar-refractivity contribution in [3.05, 3.63) is 12.2 Å². The van der Waals surface area contributed by atoms with Crippen LogP contribution in [0, 0.1) is 5.92 Å². The molecule has 0 aromatic carbocycles. The Kier molecular flexibility index (Phi) is 3.99. The first kappa shape index (κ1) is 11.6. The van der Waals surface area contributed by atoms with Crippen LogP contribution in [0.5, 0.6) is 0 Å². The highest BCUT2D eigenvalue weighted by atomic mass is 16.3. The van der Waals surface area contributed by atoms with Gasteiger partial charge < -0.3 is 10.4 Å². The molecule has 0 bridgehead atoms. The minimum Gasteiger partial charge on any atom is -0.393 e. The number of amides is 1. The lowest BCUT2D eigenvalue weighted by atomic mass is 9.90. The second-order valence-corrected chi connectivity index (χ2v) is 5.01. The van der Waals surface area contributed by atoms with Gasteiger partial charge >= 0.3 is 0 Å². The number of rotatable bonds is 2. The molecule has 0 saturated heterocycles. The van der Waals surface area contributed by atoms with Gasteiger partial charge in [-0.25, -0.2) is 0 Å². The highest BCUT2D eigenvalue weighted by Gasteiger charge is 2.25. The van der Waals surface area contributed by atoms with Gasteiger partial charge in [0, 0.05) is 12.0 Å². The van der Waals surface area contributed by atoms with Gasteiger partial charge in [-0.15, -0.1) is 0 Å². The van der Waals surface area contributed by atoms with Gasteiger partial charge in [0.1, 0.15) is 0 Å². The molecule has 3 unspecified atom stereocenters. The molecule has 0 heterocycles.